The van der Waals surface area contributed by atoms with Crippen LogP contribution in [0.4, 0.5) is 5.82 Å². The number of nitrogens with zero attached hydrogens (tertiary/aromatic N) is 4. The van der Waals surface area contributed by atoms with Crippen molar-refractivity contribution < 1.29 is 9.90 Å². The van der Waals surface area contributed by atoms with Crippen molar-refractivity contribution in [3.05, 3.63) is 60.7 Å². The second-order valence-corrected chi connectivity index (χ2v) is 5.14. The predicted octanol–water partition coefficient (Wildman–Crippen LogP) is 2.10. The van der Waals surface area contributed by atoms with Crippen LogP contribution in [0.15, 0.2) is 55.1 Å². The average Bonchev–Trinajstić information content (AvgIpc) is 3.23. The molecule has 0 aliphatic carbocycles. The Morgan fingerprint density at radius 1 is 1.21 bits per heavy atom. The van der Waals surface area contributed by atoms with Crippen LogP contribution in [0.3, 0.4) is 0 Å². The van der Waals surface area contributed by atoms with E-state index in [9.17, 15) is 9.90 Å². The molecule has 0 saturated carbocycles. The molecule has 3 heterocycles. The minimum atomic E-state index is -0.322. The zero-order valence-corrected chi connectivity index (χ0v) is 12.3. The fraction of sp³-hybridized carbons (Fsp3) is 0. The Morgan fingerprint density at radius 3 is 2.88 bits per heavy atom. The van der Waals surface area contributed by atoms with E-state index in [2.05, 4.69) is 25.6 Å². The van der Waals surface area contributed by atoms with Crippen LogP contribution in [0, 0.1) is 0 Å². The van der Waals surface area contributed by atoms with E-state index in [0.29, 0.717) is 22.3 Å². The van der Waals surface area contributed by atoms with Gasteiger partial charge in [-0.15, -0.1) is 0 Å². The van der Waals surface area contributed by atoms with Crippen molar-refractivity contribution in [1.29, 1.82) is 0 Å². The Labute approximate surface area is 135 Å². The normalized spacial score (nSPS) is 10.8. The summed E-state index contributed by atoms with van der Waals surface area (Å²) in [5.74, 6) is 0.200. The molecule has 4 aromatic rings. The number of carbonyl (C=O) groups is 1. The third-order valence-corrected chi connectivity index (χ3v) is 3.55. The van der Waals surface area contributed by atoms with Crippen molar-refractivity contribution in [3.8, 4) is 11.4 Å². The highest BCUT2D eigenvalue weighted by atomic mass is 16.3. The SMILES string of the molecule is O=C(Nc1n[nH]c2cc(O)ccc12)c1cnn(-c2ccncc2)c1. The molecule has 0 saturated heterocycles. The third-order valence-electron chi connectivity index (χ3n) is 3.55. The van der Waals surface area contributed by atoms with Gasteiger partial charge >= 0.3 is 0 Å². The quantitative estimate of drug-likeness (QED) is 0.535. The van der Waals surface area contributed by atoms with E-state index in [-0.39, 0.29) is 11.7 Å². The number of hydrogen-bond donors (Lipinski definition) is 3. The summed E-state index contributed by atoms with van der Waals surface area (Å²) >= 11 is 0. The van der Waals surface area contributed by atoms with Crippen LogP contribution in [0.2, 0.25) is 0 Å². The summed E-state index contributed by atoms with van der Waals surface area (Å²) < 4.78 is 1.59. The number of anilines is 1. The Bertz CT molecular complexity index is 1020. The van der Waals surface area contributed by atoms with Crippen LogP contribution in [0.1, 0.15) is 10.4 Å². The number of nitrogens with one attached hydrogen (secondary N) is 2. The molecule has 1 aromatic carbocycles. The maximum absolute atomic E-state index is 12.4. The number of carbonyl (C=O) groups excluding carboxylic acids is 1. The van der Waals surface area contributed by atoms with E-state index < -0.39 is 0 Å². The highest BCUT2D eigenvalue weighted by Gasteiger charge is 2.13. The van der Waals surface area contributed by atoms with Gasteiger partial charge in [0.05, 0.1) is 23.0 Å². The predicted molar refractivity (Wildman–Crippen MR) is 87.1 cm³/mol. The summed E-state index contributed by atoms with van der Waals surface area (Å²) in [4.78, 5) is 16.3. The maximum Gasteiger partial charge on any atom is 0.260 e. The van der Waals surface area contributed by atoms with Crippen LogP contribution in [0.5, 0.6) is 5.75 Å². The first kappa shape index (κ1) is 13.9. The molecule has 3 aromatic heterocycles. The number of hydrogen-bond acceptors (Lipinski definition) is 5. The molecule has 0 bridgehead atoms. The molecule has 8 heteroatoms. The van der Waals surface area contributed by atoms with Crippen molar-refractivity contribution in [1.82, 2.24) is 25.0 Å². The summed E-state index contributed by atoms with van der Waals surface area (Å²) in [5, 5.41) is 23.9. The van der Waals surface area contributed by atoms with Gasteiger partial charge in [-0.2, -0.15) is 10.2 Å². The number of amides is 1. The highest BCUT2D eigenvalue weighted by molar-refractivity contribution is 6.07. The van der Waals surface area contributed by atoms with Gasteiger partial charge in [0.15, 0.2) is 5.82 Å². The summed E-state index contributed by atoms with van der Waals surface area (Å²) in [6.45, 7) is 0. The number of benzene rings is 1. The molecule has 0 unspecified atom stereocenters. The van der Waals surface area contributed by atoms with Gasteiger partial charge in [0.25, 0.3) is 5.91 Å². The summed E-state index contributed by atoms with van der Waals surface area (Å²) in [7, 11) is 0. The standard InChI is InChI=1S/C16H12N6O2/c23-12-1-2-13-14(7-12)20-21-15(13)19-16(24)10-8-18-22(9-10)11-3-5-17-6-4-11/h1-9,23H,(H2,19,20,21,24). The van der Waals surface area contributed by atoms with Crippen LogP contribution < -0.4 is 5.32 Å². The van der Waals surface area contributed by atoms with Crippen molar-refractivity contribution >= 4 is 22.6 Å². The van der Waals surface area contributed by atoms with Crippen molar-refractivity contribution in [2.24, 2.45) is 0 Å². The molecule has 3 N–H and O–H groups in total. The lowest BCUT2D eigenvalue weighted by Crippen LogP contribution is -2.11. The number of aromatic hydroxyl groups is 1. The molecule has 4 rings (SSSR count). The second kappa shape index (κ2) is 5.51. The van der Waals surface area contributed by atoms with E-state index in [4.69, 9.17) is 0 Å². The van der Waals surface area contributed by atoms with Gasteiger partial charge in [-0.25, -0.2) is 4.68 Å². The lowest BCUT2D eigenvalue weighted by Gasteiger charge is -2.01. The van der Waals surface area contributed by atoms with Crippen LogP contribution in [0.25, 0.3) is 16.6 Å². The Morgan fingerprint density at radius 2 is 2.04 bits per heavy atom. The zero-order valence-electron chi connectivity index (χ0n) is 12.3. The van der Waals surface area contributed by atoms with E-state index in [0.717, 1.165) is 5.69 Å². The second-order valence-electron chi connectivity index (χ2n) is 5.14. The zero-order chi connectivity index (χ0) is 16.5. The lowest BCUT2D eigenvalue weighted by molar-refractivity contribution is 0.102. The Balaban J connectivity index is 1.59. The topological polar surface area (TPSA) is 109 Å². The molecule has 118 valence electrons. The maximum atomic E-state index is 12.4. The monoisotopic (exact) mass is 320 g/mol. The van der Waals surface area contributed by atoms with Gasteiger partial charge in [-0.1, -0.05) is 0 Å². The Hall–Kier alpha value is -3.68. The molecule has 0 aliphatic heterocycles. The van der Waals surface area contributed by atoms with E-state index in [1.807, 2.05) is 0 Å². The van der Waals surface area contributed by atoms with Crippen LogP contribution >= 0.6 is 0 Å². The van der Waals surface area contributed by atoms with Crippen molar-refractivity contribution in [3.63, 3.8) is 0 Å². The summed E-state index contributed by atoms with van der Waals surface area (Å²) in [6, 6.07) is 8.35. The number of aromatic amines is 1. The highest BCUT2D eigenvalue weighted by Crippen LogP contribution is 2.24. The first-order chi connectivity index (χ1) is 11.7. The first-order valence-corrected chi connectivity index (χ1v) is 7.14. The van der Waals surface area contributed by atoms with Crippen molar-refractivity contribution in [2.45, 2.75) is 0 Å². The van der Waals surface area contributed by atoms with Gasteiger partial charge in [0.1, 0.15) is 5.75 Å². The molecule has 0 radical (unpaired) electrons. The Kier molecular flexibility index (Phi) is 3.20. The first-order valence-electron chi connectivity index (χ1n) is 7.14. The van der Waals surface area contributed by atoms with Gasteiger partial charge < -0.3 is 10.4 Å². The van der Waals surface area contributed by atoms with E-state index in [1.54, 1.807) is 47.5 Å². The van der Waals surface area contributed by atoms with Gasteiger partial charge in [0, 0.05) is 30.0 Å². The molecule has 1 amide bonds. The minimum absolute atomic E-state index is 0.127. The number of phenolic OH excluding ortho intramolecular Hbond substituents is 1. The number of pyridine rings is 1. The molecule has 0 atom stereocenters. The summed E-state index contributed by atoms with van der Waals surface area (Å²) in [6.07, 6.45) is 6.42. The van der Waals surface area contributed by atoms with E-state index >= 15 is 0 Å². The number of rotatable bonds is 3. The largest absolute Gasteiger partial charge is 0.508 e. The number of fused-ring (bicyclic) bond motifs is 1. The fourth-order valence-electron chi connectivity index (χ4n) is 2.36. The van der Waals surface area contributed by atoms with Gasteiger partial charge in [-0.05, 0) is 24.3 Å². The smallest absolute Gasteiger partial charge is 0.260 e. The fourth-order valence-corrected chi connectivity index (χ4v) is 2.36. The molecule has 24 heavy (non-hydrogen) atoms. The van der Waals surface area contributed by atoms with Gasteiger partial charge in [-0.3, -0.25) is 14.9 Å². The number of aromatic nitrogens is 5. The molecular formula is C16H12N6O2. The molecular weight excluding hydrogens is 308 g/mol. The molecule has 0 aliphatic rings. The third kappa shape index (κ3) is 2.45. The molecule has 0 spiro atoms. The van der Waals surface area contributed by atoms with Gasteiger partial charge in [0.2, 0.25) is 0 Å². The van der Waals surface area contributed by atoms with Crippen LogP contribution in [-0.4, -0.2) is 36.0 Å². The van der Waals surface area contributed by atoms with Crippen LogP contribution in [-0.2, 0) is 0 Å². The van der Waals surface area contributed by atoms with E-state index in [1.165, 1.54) is 12.3 Å². The molecule has 0 fully saturated rings. The van der Waals surface area contributed by atoms with Crippen molar-refractivity contribution in [2.75, 3.05) is 5.32 Å². The number of H-pyrrole nitrogens is 1. The minimum Gasteiger partial charge on any atom is -0.508 e. The number of phenols is 1. The lowest BCUT2D eigenvalue weighted by atomic mass is 10.2. The summed E-state index contributed by atoms with van der Waals surface area (Å²) in [5.41, 5.74) is 1.85. The average molecular weight is 320 g/mol. The molecule has 8 nitrogen and oxygen atoms in total.